The van der Waals surface area contributed by atoms with Crippen molar-refractivity contribution in [2.45, 2.75) is 52.0 Å². The molecular formula is C19H30ClN3O2. The molecule has 2 rings (SSSR count). The Bertz CT molecular complexity index is 545. The minimum absolute atomic E-state index is 0. The number of amides is 2. The van der Waals surface area contributed by atoms with Crippen LogP contribution in [-0.4, -0.2) is 24.9 Å². The van der Waals surface area contributed by atoms with Crippen LogP contribution in [0.3, 0.4) is 0 Å². The summed E-state index contributed by atoms with van der Waals surface area (Å²) in [4.78, 5) is 24.1. The second kappa shape index (κ2) is 11.9. The molecule has 1 saturated carbocycles. The maximum atomic E-state index is 12.1. The fourth-order valence-electron chi connectivity index (χ4n) is 3.15. The van der Waals surface area contributed by atoms with Crippen LogP contribution in [0.25, 0.3) is 0 Å². The number of halogens is 1. The number of nitrogens with one attached hydrogen (secondary N) is 3. The molecule has 0 saturated heterocycles. The molecule has 2 amide bonds. The first kappa shape index (κ1) is 21.5. The Morgan fingerprint density at radius 3 is 2.52 bits per heavy atom. The molecule has 0 aromatic heterocycles. The van der Waals surface area contributed by atoms with Crippen LogP contribution in [0.4, 0.5) is 5.69 Å². The molecule has 1 fully saturated rings. The SMILES string of the molecule is CCNCc1ccccc1NC(=O)CNC(=O)CC1CCCCC1.Cl. The lowest BCUT2D eigenvalue weighted by Gasteiger charge is -2.20. The average Bonchev–Trinajstić information content (AvgIpc) is 2.60. The second-order valence-electron chi connectivity index (χ2n) is 6.47. The third-order valence-electron chi connectivity index (χ3n) is 4.50. The first-order chi connectivity index (χ1) is 11.7. The molecule has 1 aliphatic carbocycles. The molecule has 140 valence electrons. The summed E-state index contributed by atoms with van der Waals surface area (Å²) < 4.78 is 0. The number of hydrogen-bond acceptors (Lipinski definition) is 3. The molecule has 0 bridgehead atoms. The van der Waals surface area contributed by atoms with Gasteiger partial charge in [-0.25, -0.2) is 0 Å². The standard InChI is InChI=1S/C19H29N3O2.ClH/c1-2-20-13-16-10-6-7-11-17(16)22-19(24)14-21-18(23)12-15-8-4-3-5-9-15;/h6-7,10-11,15,20H,2-5,8-9,12-14H2,1H3,(H,21,23)(H,22,24);1H. The van der Waals surface area contributed by atoms with Crippen LogP contribution < -0.4 is 16.0 Å². The van der Waals surface area contributed by atoms with E-state index in [0.29, 0.717) is 18.9 Å². The van der Waals surface area contributed by atoms with Crippen molar-refractivity contribution in [2.24, 2.45) is 5.92 Å². The number of carbonyl (C=O) groups is 2. The van der Waals surface area contributed by atoms with Crippen LogP contribution in [0.5, 0.6) is 0 Å². The van der Waals surface area contributed by atoms with Crippen molar-refractivity contribution >= 4 is 29.9 Å². The van der Waals surface area contributed by atoms with Gasteiger partial charge in [-0.2, -0.15) is 0 Å². The molecule has 0 atom stereocenters. The van der Waals surface area contributed by atoms with Crippen molar-refractivity contribution < 1.29 is 9.59 Å². The van der Waals surface area contributed by atoms with Crippen molar-refractivity contribution in [1.82, 2.24) is 10.6 Å². The number of carbonyl (C=O) groups excluding carboxylic acids is 2. The van der Waals surface area contributed by atoms with E-state index in [4.69, 9.17) is 0 Å². The highest BCUT2D eigenvalue weighted by Crippen LogP contribution is 2.26. The molecule has 5 nitrogen and oxygen atoms in total. The van der Waals surface area contributed by atoms with Gasteiger partial charge in [0.05, 0.1) is 6.54 Å². The summed E-state index contributed by atoms with van der Waals surface area (Å²) in [6.45, 7) is 3.66. The van der Waals surface area contributed by atoms with Gasteiger partial charge in [-0.15, -0.1) is 12.4 Å². The van der Waals surface area contributed by atoms with Crippen molar-refractivity contribution in [1.29, 1.82) is 0 Å². The fourth-order valence-corrected chi connectivity index (χ4v) is 3.15. The van der Waals surface area contributed by atoms with Crippen molar-refractivity contribution in [3.8, 4) is 0 Å². The second-order valence-corrected chi connectivity index (χ2v) is 6.47. The largest absolute Gasteiger partial charge is 0.347 e. The third kappa shape index (κ3) is 7.88. The van der Waals surface area contributed by atoms with Gasteiger partial charge in [0, 0.05) is 18.7 Å². The van der Waals surface area contributed by atoms with Crippen LogP contribution >= 0.6 is 12.4 Å². The van der Waals surface area contributed by atoms with Gasteiger partial charge in [0.2, 0.25) is 11.8 Å². The maximum absolute atomic E-state index is 12.1. The van der Waals surface area contributed by atoms with Crippen LogP contribution in [0.2, 0.25) is 0 Å². The first-order valence-corrected chi connectivity index (χ1v) is 9.04. The van der Waals surface area contributed by atoms with Gasteiger partial charge in [-0.05, 0) is 36.9 Å². The van der Waals surface area contributed by atoms with E-state index in [-0.39, 0.29) is 30.8 Å². The lowest BCUT2D eigenvalue weighted by molar-refractivity contribution is -0.125. The Morgan fingerprint density at radius 1 is 1.08 bits per heavy atom. The Hall–Kier alpha value is -1.59. The van der Waals surface area contributed by atoms with E-state index in [0.717, 1.165) is 30.6 Å². The first-order valence-electron chi connectivity index (χ1n) is 9.04. The molecule has 0 spiro atoms. The van der Waals surface area contributed by atoms with E-state index in [1.807, 2.05) is 31.2 Å². The molecule has 0 aliphatic heterocycles. The highest BCUT2D eigenvalue weighted by molar-refractivity contribution is 5.95. The molecule has 0 unspecified atom stereocenters. The number of benzene rings is 1. The normalized spacial score (nSPS) is 14.4. The lowest BCUT2D eigenvalue weighted by atomic mass is 9.87. The van der Waals surface area contributed by atoms with Crippen LogP contribution in [0.1, 0.15) is 51.0 Å². The van der Waals surface area contributed by atoms with E-state index >= 15 is 0 Å². The summed E-state index contributed by atoms with van der Waals surface area (Å²) >= 11 is 0. The number of para-hydroxylation sites is 1. The molecule has 0 heterocycles. The predicted octanol–water partition coefficient (Wildman–Crippen LogP) is 3.24. The topological polar surface area (TPSA) is 70.2 Å². The van der Waals surface area contributed by atoms with Gasteiger partial charge in [0.25, 0.3) is 0 Å². The van der Waals surface area contributed by atoms with Crippen molar-refractivity contribution in [3.63, 3.8) is 0 Å². The minimum atomic E-state index is -0.184. The van der Waals surface area contributed by atoms with E-state index in [1.54, 1.807) is 0 Å². The fraction of sp³-hybridized carbons (Fsp3) is 0.579. The molecule has 25 heavy (non-hydrogen) atoms. The smallest absolute Gasteiger partial charge is 0.243 e. The summed E-state index contributed by atoms with van der Waals surface area (Å²) in [5.74, 6) is 0.289. The minimum Gasteiger partial charge on any atom is -0.347 e. The molecule has 3 N–H and O–H groups in total. The maximum Gasteiger partial charge on any atom is 0.243 e. The number of hydrogen-bond donors (Lipinski definition) is 3. The van der Waals surface area contributed by atoms with Crippen molar-refractivity contribution in [3.05, 3.63) is 29.8 Å². The summed E-state index contributed by atoms with van der Waals surface area (Å²) in [7, 11) is 0. The Labute approximate surface area is 156 Å². The van der Waals surface area contributed by atoms with Gasteiger partial charge in [0.15, 0.2) is 0 Å². The van der Waals surface area contributed by atoms with Gasteiger partial charge < -0.3 is 16.0 Å². The summed E-state index contributed by atoms with van der Waals surface area (Å²) in [6.07, 6.45) is 6.55. The summed E-state index contributed by atoms with van der Waals surface area (Å²) in [5.41, 5.74) is 1.84. The summed E-state index contributed by atoms with van der Waals surface area (Å²) in [5, 5.41) is 8.88. The molecule has 0 radical (unpaired) electrons. The molecular weight excluding hydrogens is 338 g/mol. The van der Waals surface area contributed by atoms with E-state index in [1.165, 1.54) is 19.3 Å². The van der Waals surface area contributed by atoms with Crippen LogP contribution in [0.15, 0.2) is 24.3 Å². The van der Waals surface area contributed by atoms with E-state index < -0.39 is 0 Å². The zero-order valence-electron chi connectivity index (χ0n) is 15.0. The zero-order chi connectivity index (χ0) is 17.2. The summed E-state index contributed by atoms with van der Waals surface area (Å²) in [6, 6.07) is 7.72. The number of rotatable bonds is 8. The van der Waals surface area contributed by atoms with E-state index in [2.05, 4.69) is 16.0 Å². The highest BCUT2D eigenvalue weighted by atomic mass is 35.5. The molecule has 1 aromatic carbocycles. The van der Waals surface area contributed by atoms with Gasteiger partial charge in [-0.1, -0.05) is 44.4 Å². The Morgan fingerprint density at radius 2 is 1.80 bits per heavy atom. The molecule has 6 heteroatoms. The van der Waals surface area contributed by atoms with E-state index in [9.17, 15) is 9.59 Å². The number of anilines is 1. The highest BCUT2D eigenvalue weighted by Gasteiger charge is 2.17. The molecule has 1 aromatic rings. The third-order valence-corrected chi connectivity index (χ3v) is 4.50. The Kier molecular flexibility index (Phi) is 10.2. The van der Waals surface area contributed by atoms with Crippen LogP contribution in [-0.2, 0) is 16.1 Å². The zero-order valence-corrected chi connectivity index (χ0v) is 15.8. The van der Waals surface area contributed by atoms with Gasteiger partial charge in [-0.3, -0.25) is 9.59 Å². The average molecular weight is 368 g/mol. The monoisotopic (exact) mass is 367 g/mol. The quantitative estimate of drug-likeness (QED) is 0.660. The lowest BCUT2D eigenvalue weighted by Crippen LogP contribution is -2.34. The predicted molar refractivity (Wildman–Crippen MR) is 104 cm³/mol. The van der Waals surface area contributed by atoms with Crippen LogP contribution in [0, 0.1) is 5.92 Å². The Balaban J connectivity index is 0.00000312. The molecule has 1 aliphatic rings. The van der Waals surface area contributed by atoms with Gasteiger partial charge in [0.1, 0.15) is 0 Å². The van der Waals surface area contributed by atoms with Gasteiger partial charge >= 0.3 is 0 Å². The van der Waals surface area contributed by atoms with Crippen molar-refractivity contribution in [2.75, 3.05) is 18.4 Å².